The third-order valence-corrected chi connectivity index (χ3v) is 1.53. The predicted molar refractivity (Wildman–Crippen MR) is 36.5 cm³/mol. The lowest BCUT2D eigenvalue weighted by atomic mass is 10.4. The zero-order valence-corrected chi connectivity index (χ0v) is 5.79. The summed E-state index contributed by atoms with van der Waals surface area (Å²) in [5.41, 5.74) is 0. The molecule has 1 saturated heterocycles. The van der Waals surface area contributed by atoms with E-state index >= 15 is 0 Å². The van der Waals surface area contributed by atoms with E-state index in [0.717, 1.165) is 31.3 Å². The van der Waals surface area contributed by atoms with Crippen LogP contribution in [0.15, 0.2) is 0 Å². The van der Waals surface area contributed by atoms with Crippen LogP contribution in [-0.2, 0) is 4.79 Å². The van der Waals surface area contributed by atoms with Gasteiger partial charge in [-0.2, -0.15) is 0 Å². The molecule has 0 atom stereocenters. The number of nitrogens with zero attached hydrogens (tertiary/aromatic N) is 2. The minimum absolute atomic E-state index is 0.616. The summed E-state index contributed by atoms with van der Waals surface area (Å²) in [5.74, 6) is 5.31. The Morgan fingerprint density at radius 2 is 2.10 bits per heavy atom. The van der Waals surface area contributed by atoms with Crippen molar-refractivity contribution >= 4 is 6.41 Å². The molecule has 0 aromatic carbocycles. The Labute approximate surface area is 59.7 Å². The molecule has 0 spiro atoms. The monoisotopic (exact) mass is 144 g/mol. The van der Waals surface area contributed by atoms with Crippen molar-refractivity contribution in [3.8, 4) is 0 Å². The highest BCUT2D eigenvalue weighted by atomic mass is 16.2. The number of piperazine rings is 1. The summed E-state index contributed by atoms with van der Waals surface area (Å²) in [5, 5.41) is 6.05. The quantitative estimate of drug-likeness (QED) is 0.206. The first-order valence-corrected chi connectivity index (χ1v) is 3.29. The van der Waals surface area contributed by atoms with Gasteiger partial charge in [-0.3, -0.25) is 4.79 Å². The molecule has 1 rings (SSSR count). The Balaban J connectivity index is 2.30. The van der Waals surface area contributed by atoms with Crippen LogP contribution in [0.5, 0.6) is 0 Å². The van der Waals surface area contributed by atoms with Crippen LogP contribution in [0.25, 0.3) is 0 Å². The maximum atomic E-state index is 10.1. The predicted octanol–water partition coefficient (Wildman–Crippen LogP) is -1.86. The molecular formula is C5H12N4O. The van der Waals surface area contributed by atoms with E-state index in [0.29, 0.717) is 6.41 Å². The molecule has 0 aromatic rings. The van der Waals surface area contributed by atoms with Crippen LogP contribution in [0, 0.1) is 0 Å². The molecule has 0 aliphatic carbocycles. The number of hydrogen-bond donors (Lipinski definition) is 2. The summed E-state index contributed by atoms with van der Waals surface area (Å²) in [6, 6.07) is 0. The Bertz CT molecular complexity index is 112. The van der Waals surface area contributed by atoms with E-state index in [4.69, 9.17) is 5.84 Å². The summed E-state index contributed by atoms with van der Waals surface area (Å²) in [4.78, 5) is 10.1. The van der Waals surface area contributed by atoms with Gasteiger partial charge in [-0.15, -0.1) is 0 Å². The molecule has 5 heteroatoms. The highest BCUT2D eigenvalue weighted by Gasteiger charge is 2.12. The number of nitrogens with two attached hydrogens (primary N) is 1. The van der Waals surface area contributed by atoms with E-state index in [9.17, 15) is 4.79 Å². The summed E-state index contributed by atoms with van der Waals surface area (Å²) in [7, 11) is 0. The molecule has 0 radical (unpaired) electrons. The van der Waals surface area contributed by atoms with Crippen LogP contribution in [0.3, 0.4) is 0 Å². The lowest BCUT2D eigenvalue weighted by molar-refractivity contribution is -0.136. The highest BCUT2D eigenvalue weighted by molar-refractivity contribution is 5.44. The SMILES string of the molecule is NN(C=O)N1CCNCC1. The molecule has 0 saturated carbocycles. The van der Waals surface area contributed by atoms with Crippen LogP contribution in [0.4, 0.5) is 0 Å². The molecule has 1 aliphatic heterocycles. The van der Waals surface area contributed by atoms with Gasteiger partial charge in [-0.25, -0.2) is 16.0 Å². The lowest BCUT2D eigenvalue weighted by Gasteiger charge is -2.31. The van der Waals surface area contributed by atoms with E-state index in [2.05, 4.69) is 5.32 Å². The minimum Gasteiger partial charge on any atom is -0.314 e. The van der Waals surface area contributed by atoms with E-state index in [1.807, 2.05) is 0 Å². The van der Waals surface area contributed by atoms with Gasteiger partial charge in [0, 0.05) is 26.2 Å². The fourth-order valence-electron chi connectivity index (χ4n) is 0.951. The molecule has 58 valence electrons. The highest BCUT2D eigenvalue weighted by Crippen LogP contribution is 1.90. The zero-order valence-electron chi connectivity index (χ0n) is 5.79. The molecule has 10 heavy (non-hydrogen) atoms. The number of amides is 1. The van der Waals surface area contributed by atoms with Crippen LogP contribution < -0.4 is 11.2 Å². The first-order chi connectivity index (χ1) is 4.84. The Morgan fingerprint density at radius 3 is 2.60 bits per heavy atom. The van der Waals surface area contributed by atoms with Crippen molar-refractivity contribution < 1.29 is 4.79 Å². The fourth-order valence-corrected chi connectivity index (χ4v) is 0.951. The Morgan fingerprint density at radius 1 is 1.50 bits per heavy atom. The van der Waals surface area contributed by atoms with Crippen molar-refractivity contribution in [2.24, 2.45) is 5.84 Å². The van der Waals surface area contributed by atoms with E-state index in [1.165, 1.54) is 0 Å². The minimum atomic E-state index is 0.616. The van der Waals surface area contributed by atoms with Gasteiger partial charge in [-0.05, 0) is 0 Å². The lowest BCUT2D eigenvalue weighted by Crippen LogP contribution is -2.54. The second-order valence-electron chi connectivity index (χ2n) is 2.19. The molecule has 1 fully saturated rings. The molecule has 0 aromatic heterocycles. The van der Waals surface area contributed by atoms with Crippen molar-refractivity contribution in [2.75, 3.05) is 26.2 Å². The van der Waals surface area contributed by atoms with Gasteiger partial charge in [0.15, 0.2) is 0 Å². The van der Waals surface area contributed by atoms with Crippen LogP contribution in [0.1, 0.15) is 0 Å². The molecule has 1 heterocycles. The standard InChI is InChI=1S/C5H12N4O/c6-9(5-10)8-3-1-7-2-4-8/h5,7H,1-4,6H2. The number of nitrogens with one attached hydrogen (secondary N) is 1. The van der Waals surface area contributed by atoms with Crippen molar-refractivity contribution in [2.45, 2.75) is 0 Å². The van der Waals surface area contributed by atoms with Gasteiger partial charge in [0.2, 0.25) is 6.41 Å². The van der Waals surface area contributed by atoms with Gasteiger partial charge < -0.3 is 5.32 Å². The largest absolute Gasteiger partial charge is 0.314 e. The van der Waals surface area contributed by atoms with Crippen molar-refractivity contribution in [1.82, 2.24) is 15.4 Å². The van der Waals surface area contributed by atoms with E-state index in [-0.39, 0.29) is 0 Å². The number of carbonyl (C=O) groups is 1. The topological polar surface area (TPSA) is 61.6 Å². The van der Waals surface area contributed by atoms with Gasteiger partial charge in [0.05, 0.1) is 0 Å². The number of rotatable bonds is 2. The van der Waals surface area contributed by atoms with Crippen molar-refractivity contribution in [3.63, 3.8) is 0 Å². The van der Waals surface area contributed by atoms with Gasteiger partial charge in [-0.1, -0.05) is 0 Å². The van der Waals surface area contributed by atoms with E-state index < -0.39 is 0 Å². The van der Waals surface area contributed by atoms with Crippen LogP contribution >= 0.6 is 0 Å². The zero-order chi connectivity index (χ0) is 7.40. The summed E-state index contributed by atoms with van der Waals surface area (Å²) >= 11 is 0. The van der Waals surface area contributed by atoms with Crippen LogP contribution in [0.2, 0.25) is 0 Å². The molecule has 1 aliphatic rings. The van der Waals surface area contributed by atoms with Crippen molar-refractivity contribution in [3.05, 3.63) is 0 Å². The van der Waals surface area contributed by atoms with Crippen molar-refractivity contribution in [1.29, 1.82) is 0 Å². The average Bonchev–Trinajstić information content (AvgIpc) is 2.05. The summed E-state index contributed by atoms with van der Waals surface area (Å²) < 4.78 is 0. The third kappa shape index (κ3) is 1.66. The summed E-state index contributed by atoms with van der Waals surface area (Å²) in [6.07, 6.45) is 0.616. The Kier molecular flexibility index (Phi) is 2.61. The average molecular weight is 144 g/mol. The third-order valence-electron chi connectivity index (χ3n) is 1.53. The smallest absolute Gasteiger partial charge is 0.238 e. The number of hydrogen-bond acceptors (Lipinski definition) is 4. The van der Waals surface area contributed by atoms with Gasteiger partial charge >= 0.3 is 0 Å². The maximum absolute atomic E-state index is 10.1. The Hall–Kier alpha value is -0.650. The normalized spacial score (nSPS) is 20.5. The molecule has 0 unspecified atom stereocenters. The van der Waals surface area contributed by atoms with E-state index in [1.54, 1.807) is 5.01 Å². The molecule has 3 N–H and O–H groups in total. The second-order valence-corrected chi connectivity index (χ2v) is 2.19. The summed E-state index contributed by atoms with van der Waals surface area (Å²) in [6.45, 7) is 3.38. The first kappa shape index (κ1) is 7.46. The maximum Gasteiger partial charge on any atom is 0.238 e. The number of carbonyl (C=O) groups excluding carboxylic acids is 1. The molecule has 0 bridgehead atoms. The first-order valence-electron chi connectivity index (χ1n) is 3.29. The molecule has 5 nitrogen and oxygen atoms in total. The fraction of sp³-hybridized carbons (Fsp3) is 0.800. The molecular weight excluding hydrogens is 132 g/mol. The van der Waals surface area contributed by atoms with Crippen LogP contribution in [-0.4, -0.2) is 42.7 Å². The number of hydrazine groups is 2. The molecule has 1 amide bonds. The van der Waals surface area contributed by atoms with Gasteiger partial charge in [0.1, 0.15) is 0 Å². The van der Waals surface area contributed by atoms with Gasteiger partial charge in [0.25, 0.3) is 0 Å². The second kappa shape index (κ2) is 3.50.